The molecule has 2 heterocycles. The molecule has 6 heteroatoms. The Balaban J connectivity index is 2.24. The summed E-state index contributed by atoms with van der Waals surface area (Å²) in [7, 11) is -3.51. The van der Waals surface area contributed by atoms with Crippen LogP contribution in [-0.2, 0) is 10.1 Å². The molecular formula is C13H12N2O3S. The molecule has 0 fully saturated rings. The third-order valence-electron chi connectivity index (χ3n) is 2.93. The molecule has 0 aliphatic carbocycles. The van der Waals surface area contributed by atoms with Crippen LogP contribution < -0.4 is 4.18 Å². The van der Waals surface area contributed by atoms with Crippen molar-refractivity contribution < 1.29 is 12.6 Å². The van der Waals surface area contributed by atoms with Crippen LogP contribution in [0.5, 0.6) is 5.75 Å². The first-order valence-electron chi connectivity index (χ1n) is 5.70. The van der Waals surface area contributed by atoms with E-state index in [9.17, 15) is 8.42 Å². The molecule has 98 valence electrons. The maximum absolute atomic E-state index is 11.1. The number of rotatable bonds is 2. The Bertz CT molecular complexity index is 881. The van der Waals surface area contributed by atoms with Gasteiger partial charge in [0.2, 0.25) is 0 Å². The van der Waals surface area contributed by atoms with Crippen LogP contribution in [0.1, 0.15) is 5.69 Å². The fraction of sp³-hybridized carbons (Fsp3) is 0.154. The van der Waals surface area contributed by atoms with E-state index >= 15 is 0 Å². The molecular weight excluding hydrogens is 264 g/mol. The van der Waals surface area contributed by atoms with Crippen LogP contribution in [0.15, 0.2) is 30.5 Å². The molecule has 0 unspecified atom stereocenters. The monoisotopic (exact) mass is 276 g/mol. The van der Waals surface area contributed by atoms with Gasteiger partial charge in [-0.25, -0.2) is 0 Å². The van der Waals surface area contributed by atoms with Crippen molar-refractivity contribution in [3.05, 3.63) is 36.2 Å². The molecule has 0 saturated carbocycles. The maximum atomic E-state index is 11.1. The number of aromatic amines is 1. The van der Waals surface area contributed by atoms with E-state index in [1.165, 1.54) is 0 Å². The van der Waals surface area contributed by atoms with Crippen molar-refractivity contribution in [3.63, 3.8) is 0 Å². The lowest BCUT2D eigenvalue weighted by molar-refractivity contribution is 0.493. The van der Waals surface area contributed by atoms with Gasteiger partial charge in [0.25, 0.3) is 0 Å². The fourth-order valence-electron chi connectivity index (χ4n) is 2.17. The molecule has 3 rings (SSSR count). The Morgan fingerprint density at radius 3 is 2.74 bits per heavy atom. The van der Waals surface area contributed by atoms with Crippen molar-refractivity contribution in [1.29, 1.82) is 0 Å². The van der Waals surface area contributed by atoms with Gasteiger partial charge in [-0.15, -0.1) is 0 Å². The van der Waals surface area contributed by atoms with Gasteiger partial charge in [-0.05, 0) is 25.1 Å². The number of nitrogens with one attached hydrogen (secondary N) is 1. The number of fused-ring (bicyclic) bond motifs is 3. The third kappa shape index (κ3) is 2.15. The van der Waals surface area contributed by atoms with Crippen LogP contribution in [0.2, 0.25) is 0 Å². The zero-order chi connectivity index (χ0) is 13.6. The smallest absolute Gasteiger partial charge is 0.306 e. The van der Waals surface area contributed by atoms with Gasteiger partial charge >= 0.3 is 10.1 Å². The van der Waals surface area contributed by atoms with E-state index in [2.05, 4.69) is 9.97 Å². The number of nitrogens with zero attached hydrogens (tertiary/aromatic N) is 1. The van der Waals surface area contributed by atoms with Crippen LogP contribution in [0.4, 0.5) is 0 Å². The van der Waals surface area contributed by atoms with E-state index in [-0.39, 0.29) is 0 Å². The predicted molar refractivity (Wildman–Crippen MR) is 73.8 cm³/mol. The number of aryl methyl sites for hydroxylation is 1. The summed E-state index contributed by atoms with van der Waals surface area (Å²) in [6.45, 7) is 1.92. The topological polar surface area (TPSA) is 72.0 Å². The van der Waals surface area contributed by atoms with E-state index in [0.29, 0.717) is 5.75 Å². The van der Waals surface area contributed by atoms with Crippen LogP contribution >= 0.6 is 0 Å². The van der Waals surface area contributed by atoms with Gasteiger partial charge in [-0.3, -0.25) is 4.98 Å². The summed E-state index contributed by atoms with van der Waals surface area (Å²) < 4.78 is 27.1. The first kappa shape index (κ1) is 12.0. The predicted octanol–water partition coefficient (Wildman–Crippen LogP) is 2.36. The van der Waals surface area contributed by atoms with Gasteiger partial charge in [-0.1, -0.05) is 0 Å². The summed E-state index contributed by atoms with van der Waals surface area (Å²) in [5.41, 5.74) is 2.68. The van der Waals surface area contributed by atoms with Crippen LogP contribution in [0.25, 0.3) is 21.8 Å². The summed E-state index contributed by atoms with van der Waals surface area (Å²) in [5.74, 6) is 0.298. The lowest BCUT2D eigenvalue weighted by atomic mass is 10.1. The molecule has 0 atom stereocenters. The highest BCUT2D eigenvalue weighted by Gasteiger charge is 2.09. The highest BCUT2D eigenvalue weighted by molar-refractivity contribution is 7.86. The molecule has 2 aromatic heterocycles. The number of benzene rings is 1. The molecule has 19 heavy (non-hydrogen) atoms. The Kier molecular flexibility index (Phi) is 2.50. The molecule has 3 aromatic rings. The molecule has 0 radical (unpaired) electrons. The second-order valence-corrected chi connectivity index (χ2v) is 6.01. The van der Waals surface area contributed by atoms with Crippen molar-refractivity contribution in [1.82, 2.24) is 9.97 Å². The van der Waals surface area contributed by atoms with E-state index < -0.39 is 10.1 Å². The average molecular weight is 276 g/mol. The van der Waals surface area contributed by atoms with Crippen LogP contribution in [0.3, 0.4) is 0 Å². The lowest BCUT2D eigenvalue weighted by Crippen LogP contribution is -2.05. The zero-order valence-electron chi connectivity index (χ0n) is 10.5. The third-order valence-corrected chi connectivity index (χ3v) is 3.42. The second kappa shape index (κ2) is 3.96. The molecule has 0 aliphatic heterocycles. The molecule has 5 nitrogen and oxygen atoms in total. The van der Waals surface area contributed by atoms with Gasteiger partial charge in [0, 0.05) is 23.0 Å². The number of hydrogen-bond acceptors (Lipinski definition) is 4. The van der Waals surface area contributed by atoms with Crippen molar-refractivity contribution in [3.8, 4) is 5.75 Å². The lowest BCUT2D eigenvalue weighted by Gasteiger charge is -2.02. The van der Waals surface area contributed by atoms with E-state index in [0.717, 1.165) is 33.8 Å². The molecule has 0 aliphatic rings. The van der Waals surface area contributed by atoms with Gasteiger partial charge in [0.15, 0.2) is 0 Å². The molecule has 1 N–H and O–H groups in total. The Morgan fingerprint density at radius 1 is 1.21 bits per heavy atom. The zero-order valence-corrected chi connectivity index (χ0v) is 11.3. The van der Waals surface area contributed by atoms with Gasteiger partial charge < -0.3 is 9.17 Å². The first-order valence-corrected chi connectivity index (χ1v) is 7.52. The van der Waals surface area contributed by atoms with Gasteiger partial charge in [0.05, 0.1) is 23.0 Å². The summed E-state index contributed by atoms with van der Waals surface area (Å²) in [6, 6.07) is 7.09. The van der Waals surface area contributed by atoms with Gasteiger partial charge in [0.1, 0.15) is 5.75 Å². The maximum Gasteiger partial charge on any atom is 0.306 e. The Morgan fingerprint density at radius 2 is 2.00 bits per heavy atom. The second-order valence-electron chi connectivity index (χ2n) is 4.44. The van der Waals surface area contributed by atoms with Crippen molar-refractivity contribution in [2.75, 3.05) is 6.26 Å². The SMILES string of the molecule is Cc1nccc2c1[nH]c1cc(OS(C)(=O)=O)ccc12. The van der Waals surface area contributed by atoms with E-state index in [1.54, 1.807) is 18.3 Å². The minimum Gasteiger partial charge on any atom is -0.383 e. The molecule has 0 bridgehead atoms. The summed E-state index contributed by atoms with van der Waals surface area (Å²) in [5, 5.41) is 2.08. The van der Waals surface area contributed by atoms with Crippen LogP contribution in [-0.4, -0.2) is 24.6 Å². The average Bonchev–Trinajstić information content (AvgIpc) is 2.66. The highest BCUT2D eigenvalue weighted by Crippen LogP contribution is 2.29. The fourth-order valence-corrected chi connectivity index (χ4v) is 2.62. The molecule has 0 amide bonds. The van der Waals surface area contributed by atoms with E-state index in [4.69, 9.17) is 4.18 Å². The number of H-pyrrole nitrogens is 1. The minimum atomic E-state index is -3.51. The Hall–Kier alpha value is -2.08. The Labute approximate surface area is 110 Å². The quantitative estimate of drug-likeness (QED) is 0.729. The van der Waals surface area contributed by atoms with Crippen molar-refractivity contribution in [2.24, 2.45) is 0 Å². The summed E-state index contributed by atoms with van der Waals surface area (Å²) in [6.07, 6.45) is 2.78. The number of aromatic nitrogens is 2. The van der Waals surface area contributed by atoms with E-state index in [1.807, 2.05) is 19.1 Å². The van der Waals surface area contributed by atoms with Crippen molar-refractivity contribution in [2.45, 2.75) is 6.92 Å². The molecule has 1 aromatic carbocycles. The van der Waals surface area contributed by atoms with Gasteiger partial charge in [-0.2, -0.15) is 8.42 Å². The largest absolute Gasteiger partial charge is 0.383 e. The normalized spacial score (nSPS) is 12.1. The highest BCUT2D eigenvalue weighted by atomic mass is 32.2. The summed E-state index contributed by atoms with van der Waals surface area (Å²) >= 11 is 0. The number of pyridine rings is 1. The van der Waals surface area contributed by atoms with Crippen LogP contribution in [0, 0.1) is 6.92 Å². The standard InChI is InChI=1S/C13H12N2O3S/c1-8-13-11(5-6-14-8)10-4-3-9(7-12(10)15-13)18-19(2,16)17/h3-7,15H,1-2H3. The number of hydrogen-bond donors (Lipinski definition) is 1. The molecule has 0 spiro atoms. The summed E-state index contributed by atoms with van der Waals surface area (Å²) in [4.78, 5) is 7.46. The molecule has 0 saturated heterocycles. The van der Waals surface area contributed by atoms with Crippen molar-refractivity contribution >= 4 is 31.9 Å². The first-order chi connectivity index (χ1) is 8.94. The minimum absolute atomic E-state index is 0.298.